The van der Waals surface area contributed by atoms with Gasteiger partial charge in [-0.2, -0.15) is 0 Å². The minimum absolute atomic E-state index is 0.0427. The Hall–Kier alpha value is -1.70. The van der Waals surface area contributed by atoms with Gasteiger partial charge in [-0.3, -0.25) is 9.69 Å². The van der Waals surface area contributed by atoms with Crippen LogP contribution in [0.4, 0.5) is 5.82 Å². The van der Waals surface area contributed by atoms with Crippen molar-refractivity contribution in [1.82, 2.24) is 19.7 Å². The van der Waals surface area contributed by atoms with Crippen LogP contribution in [0.15, 0.2) is 18.3 Å². The van der Waals surface area contributed by atoms with Crippen molar-refractivity contribution in [2.45, 2.75) is 0 Å². The summed E-state index contributed by atoms with van der Waals surface area (Å²) in [5.74, 6) is 5.87. The van der Waals surface area contributed by atoms with Crippen molar-refractivity contribution in [3.05, 3.63) is 23.9 Å². The summed E-state index contributed by atoms with van der Waals surface area (Å²) in [5, 5.41) is 0. The number of amides is 1. The van der Waals surface area contributed by atoms with Crippen LogP contribution in [0.3, 0.4) is 0 Å². The van der Waals surface area contributed by atoms with E-state index in [1.807, 2.05) is 4.90 Å². The molecule has 1 aromatic heterocycles. The highest BCUT2D eigenvalue weighted by atomic mass is 16.2. The van der Waals surface area contributed by atoms with Crippen LogP contribution in [0.1, 0.15) is 10.4 Å². The first-order valence-corrected chi connectivity index (χ1v) is 7.19. The molecule has 0 aromatic carbocycles. The quantitative estimate of drug-likeness (QED) is 0.572. The lowest BCUT2D eigenvalue weighted by Gasteiger charge is -2.35. The van der Waals surface area contributed by atoms with Crippen LogP contribution in [0.2, 0.25) is 0 Å². The Balaban J connectivity index is 1.88. The Morgan fingerprint density at radius 1 is 1.38 bits per heavy atom. The molecule has 1 fully saturated rings. The number of nitrogens with zero attached hydrogens (tertiary/aromatic N) is 4. The van der Waals surface area contributed by atoms with Gasteiger partial charge in [-0.05, 0) is 26.2 Å². The van der Waals surface area contributed by atoms with E-state index in [0.717, 1.165) is 39.3 Å². The Kier molecular flexibility index (Phi) is 5.49. The molecular formula is C14H24N6O. The van der Waals surface area contributed by atoms with Crippen LogP contribution in [0.25, 0.3) is 0 Å². The zero-order chi connectivity index (χ0) is 15.2. The van der Waals surface area contributed by atoms with Crippen molar-refractivity contribution in [1.29, 1.82) is 0 Å². The van der Waals surface area contributed by atoms with Crippen LogP contribution >= 0.6 is 0 Å². The number of carbonyl (C=O) groups is 1. The molecule has 7 nitrogen and oxygen atoms in total. The zero-order valence-electron chi connectivity index (χ0n) is 12.7. The first kappa shape index (κ1) is 15.7. The van der Waals surface area contributed by atoms with Gasteiger partial charge in [0.25, 0.3) is 5.91 Å². The molecular weight excluding hydrogens is 268 g/mol. The maximum Gasteiger partial charge on any atom is 0.254 e. The number of nitrogen functional groups attached to an aromatic ring is 1. The summed E-state index contributed by atoms with van der Waals surface area (Å²) in [7, 11) is 4.15. The molecule has 7 heteroatoms. The van der Waals surface area contributed by atoms with E-state index in [0.29, 0.717) is 11.4 Å². The monoisotopic (exact) mass is 292 g/mol. The summed E-state index contributed by atoms with van der Waals surface area (Å²) in [4.78, 5) is 22.9. The second kappa shape index (κ2) is 7.35. The lowest BCUT2D eigenvalue weighted by atomic mass is 10.2. The fourth-order valence-electron chi connectivity index (χ4n) is 2.34. The lowest BCUT2D eigenvalue weighted by molar-refractivity contribution is 0.0629. The number of aromatic nitrogens is 1. The number of nitrogens with two attached hydrogens (primary N) is 1. The third-order valence-corrected chi connectivity index (χ3v) is 3.68. The fraction of sp³-hybridized carbons (Fsp3) is 0.571. The Morgan fingerprint density at radius 3 is 2.71 bits per heavy atom. The number of piperazine rings is 1. The standard InChI is InChI=1S/C14H24N6O/c1-18(2)5-6-19-7-9-20(10-8-19)14(21)12-3-4-16-13(11-12)17-15/h3-4,11H,5-10,15H2,1-2H3,(H,16,17). The van der Waals surface area contributed by atoms with Gasteiger partial charge in [0.05, 0.1) is 0 Å². The number of nitrogens with one attached hydrogen (secondary N) is 1. The van der Waals surface area contributed by atoms with Crippen LogP contribution in [0, 0.1) is 0 Å². The molecule has 0 spiro atoms. The van der Waals surface area contributed by atoms with Crippen LogP contribution in [-0.2, 0) is 0 Å². The van der Waals surface area contributed by atoms with E-state index in [1.165, 1.54) is 0 Å². The van der Waals surface area contributed by atoms with E-state index in [4.69, 9.17) is 5.84 Å². The Morgan fingerprint density at radius 2 is 2.10 bits per heavy atom. The predicted molar refractivity (Wildman–Crippen MR) is 82.9 cm³/mol. The Bertz CT molecular complexity index is 470. The summed E-state index contributed by atoms with van der Waals surface area (Å²) in [6.45, 7) is 5.47. The molecule has 0 aliphatic carbocycles. The fourth-order valence-corrected chi connectivity index (χ4v) is 2.34. The first-order valence-electron chi connectivity index (χ1n) is 7.19. The van der Waals surface area contributed by atoms with E-state index in [-0.39, 0.29) is 5.91 Å². The number of hydrogen-bond donors (Lipinski definition) is 2. The van der Waals surface area contributed by atoms with E-state index < -0.39 is 0 Å². The molecule has 0 atom stereocenters. The molecule has 0 unspecified atom stereocenters. The predicted octanol–water partition coefficient (Wildman–Crippen LogP) is -0.313. The molecule has 1 aliphatic rings. The van der Waals surface area contributed by atoms with E-state index in [1.54, 1.807) is 18.3 Å². The second-order valence-corrected chi connectivity index (χ2v) is 5.51. The van der Waals surface area contributed by atoms with Crippen LogP contribution in [-0.4, -0.2) is 79.0 Å². The molecule has 116 valence electrons. The molecule has 2 heterocycles. The van der Waals surface area contributed by atoms with Gasteiger partial charge in [0.2, 0.25) is 0 Å². The molecule has 0 bridgehead atoms. The molecule has 3 N–H and O–H groups in total. The molecule has 2 rings (SSSR count). The van der Waals surface area contributed by atoms with Gasteiger partial charge in [-0.15, -0.1) is 0 Å². The number of rotatable bonds is 5. The van der Waals surface area contributed by atoms with Gasteiger partial charge in [0.15, 0.2) is 0 Å². The first-order chi connectivity index (χ1) is 10.1. The van der Waals surface area contributed by atoms with Crippen molar-refractivity contribution in [2.24, 2.45) is 5.84 Å². The number of likely N-dealkylation sites (N-methyl/N-ethyl adjacent to an activating group) is 1. The molecule has 1 saturated heterocycles. The summed E-state index contributed by atoms with van der Waals surface area (Å²) in [6.07, 6.45) is 1.59. The molecule has 1 amide bonds. The second-order valence-electron chi connectivity index (χ2n) is 5.51. The highest BCUT2D eigenvalue weighted by molar-refractivity contribution is 5.94. The summed E-state index contributed by atoms with van der Waals surface area (Å²) in [6, 6.07) is 3.41. The van der Waals surface area contributed by atoms with Crippen molar-refractivity contribution in [3.63, 3.8) is 0 Å². The zero-order valence-corrected chi connectivity index (χ0v) is 12.7. The van der Waals surface area contributed by atoms with Gasteiger partial charge >= 0.3 is 0 Å². The van der Waals surface area contributed by atoms with Gasteiger partial charge in [0.1, 0.15) is 5.82 Å². The number of carbonyl (C=O) groups excluding carboxylic acids is 1. The molecule has 21 heavy (non-hydrogen) atoms. The third-order valence-electron chi connectivity index (χ3n) is 3.68. The smallest absolute Gasteiger partial charge is 0.254 e. The number of hydrazine groups is 1. The SMILES string of the molecule is CN(C)CCN1CCN(C(=O)c2ccnc(NN)c2)CC1. The van der Waals surface area contributed by atoms with Gasteiger partial charge in [0, 0.05) is 51.0 Å². The van der Waals surface area contributed by atoms with Crippen LogP contribution < -0.4 is 11.3 Å². The molecule has 0 saturated carbocycles. The maximum absolute atomic E-state index is 12.4. The van der Waals surface area contributed by atoms with Gasteiger partial charge < -0.3 is 15.2 Å². The van der Waals surface area contributed by atoms with E-state index >= 15 is 0 Å². The minimum Gasteiger partial charge on any atom is -0.336 e. The number of hydrogen-bond acceptors (Lipinski definition) is 6. The summed E-state index contributed by atoms with van der Waals surface area (Å²) in [5.41, 5.74) is 3.09. The average molecular weight is 292 g/mol. The topological polar surface area (TPSA) is 77.7 Å². The van der Waals surface area contributed by atoms with Gasteiger partial charge in [-0.1, -0.05) is 0 Å². The van der Waals surface area contributed by atoms with Gasteiger partial charge in [-0.25, -0.2) is 10.8 Å². The lowest BCUT2D eigenvalue weighted by Crippen LogP contribution is -2.50. The normalized spacial score (nSPS) is 16.3. The summed E-state index contributed by atoms with van der Waals surface area (Å²) >= 11 is 0. The minimum atomic E-state index is 0.0427. The van der Waals surface area contributed by atoms with E-state index in [9.17, 15) is 4.79 Å². The average Bonchev–Trinajstić information content (AvgIpc) is 2.52. The highest BCUT2D eigenvalue weighted by Crippen LogP contribution is 2.11. The summed E-state index contributed by atoms with van der Waals surface area (Å²) < 4.78 is 0. The molecule has 1 aliphatic heterocycles. The van der Waals surface area contributed by atoms with Crippen molar-refractivity contribution >= 4 is 11.7 Å². The van der Waals surface area contributed by atoms with Crippen molar-refractivity contribution < 1.29 is 4.79 Å². The third kappa shape index (κ3) is 4.38. The van der Waals surface area contributed by atoms with E-state index in [2.05, 4.69) is 34.3 Å². The number of pyridine rings is 1. The highest BCUT2D eigenvalue weighted by Gasteiger charge is 2.22. The molecule has 1 aromatic rings. The number of anilines is 1. The largest absolute Gasteiger partial charge is 0.336 e. The Labute approximate surface area is 125 Å². The van der Waals surface area contributed by atoms with Crippen molar-refractivity contribution in [2.75, 3.05) is 58.8 Å². The molecule has 0 radical (unpaired) electrons. The van der Waals surface area contributed by atoms with Crippen molar-refractivity contribution in [3.8, 4) is 0 Å². The van der Waals surface area contributed by atoms with Crippen LogP contribution in [0.5, 0.6) is 0 Å². The maximum atomic E-state index is 12.4.